The molecule has 0 radical (unpaired) electrons. The number of halogens is 1. The molecule has 116 valence electrons. The average molecular weight is 341 g/mol. The lowest BCUT2D eigenvalue weighted by Gasteiger charge is -2.09. The van der Waals surface area contributed by atoms with Gasteiger partial charge >= 0.3 is 16.1 Å². The molecule has 2 aromatic rings. The Morgan fingerprint density at radius 1 is 1.14 bits per heavy atom. The van der Waals surface area contributed by atoms with Gasteiger partial charge in [0, 0.05) is 5.02 Å². The Bertz CT molecular complexity index is 814. The monoisotopic (exact) mass is 340 g/mol. The van der Waals surface area contributed by atoms with Crippen LogP contribution < -0.4 is 4.18 Å². The third-order valence-electron chi connectivity index (χ3n) is 2.88. The van der Waals surface area contributed by atoms with Crippen LogP contribution in [-0.2, 0) is 14.9 Å². The maximum absolute atomic E-state index is 12.3. The van der Waals surface area contributed by atoms with Crippen LogP contribution in [0.4, 0.5) is 0 Å². The highest BCUT2D eigenvalue weighted by Crippen LogP contribution is 2.24. The summed E-state index contributed by atoms with van der Waals surface area (Å²) in [5.41, 5.74) is 0.817. The van der Waals surface area contributed by atoms with Gasteiger partial charge in [0.15, 0.2) is 0 Å². The molecule has 0 aliphatic heterocycles. The molecule has 0 spiro atoms. The first-order valence-electron chi connectivity index (χ1n) is 6.22. The van der Waals surface area contributed by atoms with Gasteiger partial charge in [-0.2, -0.15) is 8.42 Å². The first kappa shape index (κ1) is 16.3. The fourth-order valence-electron chi connectivity index (χ4n) is 1.74. The van der Waals surface area contributed by atoms with E-state index in [0.29, 0.717) is 10.6 Å². The molecule has 5 nitrogen and oxygen atoms in total. The number of ether oxygens (including phenoxy) is 1. The SMILES string of the molecule is COC(=O)c1cccc(S(=O)(=O)Oc2ccc(Cl)c(C)c2)c1. The van der Waals surface area contributed by atoms with Crippen LogP contribution in [0.1, 0.15) is 15.9 Å². The van der Waals surface area contributed by atoms with Crippen molar-refractivity contribution in [3.05, 3.63) is 58.6 Å². The molecule has 2 rings (SSSR count). The molecule has 0 aliphatic rings. The minimum absolute atomic E-state index is 0.125. The van der Waals surface area contributed by atoms with E-state index >= 15 is 0 Å². The molecule has 7 heteroatoms. The largest absolute Gasteiger partial charge is 0.465 e. The zero-order valence-electron chi connectivity index (χ0n) is 11.9. The highest BCUT2D eigenvalue weighted by molar-refractivity contribution is 7.87. The Labute approximate surface area is 133 Å². The Kier molecular flexibility index (Phi) is 4.73. The maximum atomic E-state index is 12.3. The third kappa shape index (κ3) is 3.58. The summed E-state index contributed by atoms with van der Waals surface area (Å²) in [6.45, 7) is 1.74. The van der Waals surface area contributed by atoms with E-state index in [4.69, 9.17) is 15.8 Å². The fraction of sp³-hybridized carbons (Fsp3) is 0.133. The van der Waals surface area contributed by atoms with Gasteiger partial charge in [0.1, 0.15) is 10.6 Å². The topological polar surface area (TPSA) is 69.7 Å². The minimum Gasteiger partial charge on any atom is -0.465 e. The predicted octanol–water partition coefficient (Wildman–Crippen LogP) is 3.20. The molecule has 0 aromatic heterocycles. The smallest absolute Gasteiger partial charge is 0.339 e. The second-order valence-electron chi connectivity index (χ2n) is 4.47. The van der Waals surface area contributed by atoms with Crippen LogP contribution in [-0.4, -0.2) is 21.5 Å². The van der Waals surface area contributed by atoms with Gasteiger partial charge < -0.3 is 8.92 Å². The van der Waals surface area contributed by atoms with E-state index in [0.717, 1.165) is 0 Å². The van der Waals surface area contributed by atoms with Crippen molar-refractivity contribution in [1.82, 2.24) is 0 Å². The van der Waals surface area contributed by atoms with Crippen LogP contribution in [0.15, 0.2) is 47.4 Å². The molecule has 0 heterocycles. The maximum Gasteiger partial charge on any atom is 0.339 e. The summed E-state index contributed by atoms with van der Waals surface area (Å²) >= 11 is 5.88. The van der Waals surface area contributed by atoms with E-state index in [-0.39, 0.29) is 16.2 Å². The van der Waals surface area contributed by atoms with Crippen LogP contribution in [0.5, 0.6) is 5.75 Å². The lowest BCUT2D eigenvalue weighted by Crippen LogP contribution is -2.11. The number of hydrogen-bond donors (Lipinski definition) is 0. The number of methoxy groups -OCH3 is 1. The summed E-state index contributed by atoms with van der Waals surface area (Å²) < 4.78 is 34.1. The van der Waals surface area contributed by atoms with E-state index in [1.54, 1.807) is 13.0 Å². The summed E-state index contributed by atoms with van der Waals surface area (Å²) in [6.07, 6.45) is 0. The molecule has 22 heavy (non-hydrogen) atoms. The van der Waals surface area contributed by atoms with E-state index in [2.05, 4.69) is 4.74 Å². The van der Waals surface area contributed by atoms with Crippen LogP contribution >= 0.6 is 11.6 Å². The second-order valence-corrected chi connectivity index (χ2v) is 6.42. The van der Waals surface area contributed by atoms with Crippen LogP contribution in [0.3, 0.4) is 0 Å². The van der Waals surface area contributed by atoms with Crippen LogP contribution in [0.25, 0.3) is 0 Å². The first-order valence-corrected chi connectivity index (χ1v) is 8.01. The van der Waals surface area contributed by atoms with E-state index in [1.165, 1.54) is 43.5 Å². The molecule has 0 atom stereocenters. The number of aryl methyl sites for hydroxylation is 1. The van der Waals surface area contributed by atoms with Crippen LogP contribution in [0, 0.1) is 6.92 Å². The van der Waals surface area contributed by atoms with Gasteiger partial charge in [-0.15, -0.1) is 0 Å². The Morgan fingerprint density at radius 3 is 2.50 bits per heavy atom. The van der Waals surface area contributed by atoms with Gasteiger partial charge in [0.2, 0.25) is 0 Å². The molecule has 0 saturated carbocycles. The first-order chi connectivity index (χ1) is 10.3. The summed E-state index contributed by atoms with van der Waals surface area (Å²) in [5.74, 6) is -0.482. The van der Waals surface area contributed by atoms with Crippen LogP contribution in [0.2, 0.25) is 5.02 Å². The average Bonchev–Trinajstić information content (AvgIpc) is 2.50. The van der Waals surface area contributed by atoms with Gasteiger partial charge in [-0.25, -0.2) is 4.79 Å². The number of hydrogen-bond acceptors (Lipinski definition) is 5. The summed E-state index contributed by atoms with van der Waals surface area (Å²) in [5, 5.41) is 0.512. The number of esters is 1. The Hall–Kier alpha value is -2.05. The van der Waals surface area contributed by atoms with Gasteiger partial charge in [-0.1, -0.05) is 17.7 Å². The quantitative estimate of drug-likeness (QED) is 0.631. The Balaban J connectivity index is 2.34. The normalized spacial score (nSPS) is 11.0. The molecular weight excluding hydrogens is 328 g/mol. The van der Waals surface area contributed by atoms with Crippen molar-refractivity contribution in [2.75, 3.05) is 7.11 Å². The molecule has 0 aliphatic carbocycles. The van der Waals surface area contributed by atoms with Gasteiger partial charge in [-0.3, -0.25) is 0 Å². The highest BCUT2D eigenvalue weighted by atomic mass is 35.5. The van der Waals surface area contributed by atoms with Gasteiger partial charge in [0.05, 0.1) is 12.7 Å². The third-order valence-corrected chi connectivity index (χ3v) is 4.55. The standard InChI is InChI=1S/C15H13ClO5S/c1-10-8-12(6-7-14(10)16)21-22(18,19)13-5-3-4-11(9-13)15(17)20-2/h3-9H,1-2H3. The van der Waals surface area contributed by atoms with Crippen molar-refractivity contribution >= 4 is 27.7 Å². The molecule has 0 bridgehead atoms. The number of benzene rings is 2. The van der Waals surface area contributed by atoms with Crippen molar-refractivity contribution in [3.63, 3.8) is 0 Å². The van der Waals surface area contributed by atoms with Crippen molar-refractivity contribution < 1.29 is 22.1 Å². The predicted molar refractivity (Wildman–Crippen MR) is 81.8 cm³/mol. The molecule has 0 fully saturated rings. The molecule has 0 unspecified atom stereocenters. The summed E-state index contributed by atoms with van der Waals surface area (Å²) in [7, 11) is -2.84. The molecular formula is C15H13ClO5S. The molecule has 0 amide bonds. The zero-order chi connectivity index (χ0) is 16.3. The summed E-state index contributed by atoms with van der Waals surface area (Å²) in [6, 6.07) is 9.95. The number of carbonyl (C=O) groups excluding carboxylic acids is 1. The molecule has 2 aromatic carbocycles. The zero-order valence-corrected chi connectivity index (χ0v) is 13.4. The lowest BCUT2D eigenvalue weighted by atomic mass is 10.2. The van der Waals surface area contributed by atoms with E-state index < -0.39 is 16.1 Å². The summed E-state index contributed by atoms with van der Waals surface area (Å²) in [4.78, 5) is 11.3. The van der Waals surface area contributed by atoms with Gasteiger partial charge in [-0.05, 0) is 48.9 Å². The molecule has 0 saturated heterocycles. The minimum atomic E-state index is -4.06. The molecule has 0 N–H and O–H groups in total. The van der Waals surface area contributed by atoms with Crippen molar-refractivity contribution in [2.45, 2.75) is 11.8 Å². The van der Waals surface area contributed by atoms with E-state index in [9.17, 15) is 13.2 Å². The fourth-order valence-corrected chi connectivity index (χ4v) is 2.83. The Morgan fingerprint density at radius 2 is 1.86 bits per heavy atom. The van der Waals surface area contributed by atoms with Crippen molar-refractivity contribution in [1.29, 1.82) is 0 Å². The lowest BCUT2D eigenvalue weighted by molar-refractivity contribution is 0.0600. The van der Waals surface area contributed by atoms with Gasteiger partial charge in [0.25, 0.3) is 0 Å². The van der Waals surface area contributed by atoms with E-state index in [1.807, 2.05) is 0 Å². The second kappa shape index (κ2) is 6.37. The van der Waals surface area contributed by atoms with Crippen molar-refractivity contribution in [3.8, 4) is 5.75 Å². The number of carbonyl (C=O) groups is 1. The van der Waals surface area contributed by atoms with Crippen molar-refractivity contribution in [2.24, 2.45) is 0 Å². The highest BCUT2D eigenvalue weighted by Gasteiger charge is 2.19. The number of rotatable bonds is 4.